The van der Waals surface area contributed by atoms with E-state index in [4.69, 9.17) is 14.5 Å². The third-order valence-corrected chi connectivity index (χ3v) is 9.25. The summed E-state index contributed by atoms with van der Waals surface area (Å²) in [5.74, 6) is 1.35. The molecule has 3 saturated heterocycles. The minimum absolute atomic E-state index is 0.0851. The number of aromatic nitrogens is 1. The van der Waals surface area contributed by atoms with Gasteiger partial charge >= 0.3 is 18.3 Å². The van der Waals surface area contributed by atoms with Crippen LogP contribution in [0.1, 0.15) is 45.6 Å². The van der Waals surface area contributed by atoms with Crippen LogP contribution in [-0.4, -0.2) is 91.8 Å². The van der Waals surface area contributed by atoms with E-state index in [1.807, 2.05) is 52.0 Å². The summed E-state index contributed by atoms with van der Waals surface area (Å²) in [6, 6.07) is 9.35. The van der Waals surface area contributed by atoms with Gasteiger partial charge in [-0.3, -0.25) is 0 Å². The van der Waals surface area contributed by atoms with Crippen LogP contribution in [0.3, 0.4) is 0 Å². The number of alkyl halides is 3. The highest BCUT2D eigenvalue weighted by Crippen LogP contribution is 2.51. The number of amides is 3. The second-order valence-corrected chi connectivity index (χ2v) is 14.1. The summed E-state index contributed by atoms with van der Waals surface area (Å²) in [7, 11) is 0. The third-order valence-electron chi connectivity index (χ3n) is 9.25. The molecule has 2 N–H and O–H groups in total. The van der Waals surface area contributed by atoms with Crippen molar-refractivity contribution < 1.29 is 32.2 Å². The first-order valence-electron chi connectivity index (χ1n) is 16.0. The van der Waals surface area contributed by atoms with Gasteiger partial charge in [-0.1, -0.05) is 6.07 Å². The third kappa shape index (κ3) is 7.45. The van der Waals surface area contributed by atoms with E-state index in [1.54, 1.807) is 0 Å². The topological polar surface area (TPSA) is 99.3 Å². The summed E-state index contributed by atoms with van der Waals surface area (Å²) in [5, 5.41) is 6.03. The molecule has 250 valence electrons. The van der Waals surface area contributed by atoms with Gasteiger partial charge in [0.2, 0.25) is 0 Å². The zero-order valence-corrected chi connectivity index (χ0v) is 26.9. The number of likely N-dealkylation sites (tertiary alicyclic amines) is 1. The van der Waals surface area contributed by atoms with Crippen molar-refractivity contribution in [3.8, 4) is 11.1 Å². The minimum Gasteiger partial charge on any atom is -0.444 e. The molecule has 3 amide bonds. The number of fused-ring (bicyclic) bond motifs is 1. The number of nitrogens with zero attached hydrogens (tertiary/aromatic N) is 4. The van der Waals surface area contributed by atoms with E-state index < -0.39 is 36.2 Å². The average Bonchev–Trinajstić information content (AvgIpc) is 3.25. The lowest BCUT2D eigenvalue weighted by atomic mass is 10.00. The fourth-order valence-corrected chi connectivity index (χ4v) is 6.86. The van der Waals surface area contributed by atoms with Crippen LogP contribution in [0.15, 0.2) is 30.3 Å². The summed E-state index contributed by atoms with van der Waals surface area (Å²) in [6.45, 7) is 11.9. The molecule has 0 bridgehead atoms. The molecule has 1 unspecified atom stereocenters. The highest BCUT2D eigenvalue weighted by atomic mass is 19.4. The molecule has 1 aromatic carbocycles. The molecule has 0 spiro atoms. The molecule has 1 saturated carbocycles. The van der Waals surface area contributed by atoms with E-state index in [2.05, 4.69) is 26.5 Å². The van der Waals surface area contributed by atoms with Crippen LogP contribution in [-0.2, 0) is 9.47 Å². The summed E-state index contributed by atoms with van der Waals surface area (Å²) >= 11 is 0. The number of piperidine rings is 1. The second kappa shape index (κ2) is 12.1. The number of carbonyl (C=O) groups is 2. The number of nitrogens with one attached hydrogen (secondary N) is 2. The van der Waals surface area contributed by atoms with Crippen molar-refractivity contribution in [3.05, 3.63) is 35.9 Å². The van der Waals surface area contributed by atoms with Gasteiger partial charge in [-0.2, -0.15) is 13.2 Å². The first kappa shape index (κ1) is 32.2. The van der Waals surface area contributed by atoms with Gasteiger partial charge in [-0.05, 0) is 87.4 Å². The van der Waals surface area contributed by atoms with E-state index in [0.717, 1.165) is 41.3 Å². The van der Waals surface area contributed by atoms with E-state index in [0.29, 0.717) is 57.4 Å². The number of halogens is 3. The van der Waals surface area contributed by atoms with Crippen molar-refractivity contribution in [1.82, 2.24) is 15.2 Å². The monoisotopic (exact) mass is 644 g/mol. The van der Waals surface area contributed by atoms with Crippen LogP contribution < -0.4 is 20.4 Å². The molecular weight excluding hydrogens is 601 g/mol. The molecule has 10 nitrogen and oxygen atoms in total. The number of urea groups is 1. The number of benzene rings is 1. The fourth-order valence-electron chi connectivity index (χ4n) is 6.86. The molecule has 1 aliphatic carbocycles. The largest absolute Gasteiger partial charge is 0.444 e. The normalized spacial score (nSPS) is 24.5. The number of hydrogen-bond donors (Lipinski definition) is 2. The van der Waals surface area contributed by atoms with Gasteiger partial charge in [0.15, 0.2) is 0 Å². The molecule has 6 rings (SSSR count). The predicted octanol–water partition coefficient (Wildman–Crippen LogP) is 5.80. The Morgan fingerprint density at radius 1 is 1.04 bits per heavy atom. The van der Waals surface area contributed by atoms with Crippen LogP contribution in [0.25, 0.3) is 11.1 Å². The first-order valence-corrected chi connectivity index (χ1v) is 16.0. The van der Waals surface area contributed by atoms with Crippen LogP contribution in [0, 0.1) is 18.8 Å². The van der Waals surface area contributed by atoms with Gasteiger partial charge in [-0.25, -0.2) is 14.6 Å². The zero-order chi connectivity index (χ0) is 32.9. The Morgan fingerprint density at radius 2 is 1.76 bits per heavy atom. The maximum absolute atomic E-state index is 13.0. The van der Waals surface area contributed by atoms with Crippen molar-refractivity contribution in [2.45, 2.75) is 64.3 Å². The standard InChI is InChI=1S/C33H43F3N6O4/c1-21-5-6-25(37-29(43)41-8-7-22(18-41)16-33(34,35)36)15-26(21)23-13-27(40-9-11-45-12-10-40)38-28(14-23)42-19-24-17-32(24,20-42)39-30(44)46-31(2,3)4/h5-6,13-15,22,24H,7-12,16-20H2,1-4H3,(H,37,43)(H,39,44)/t22-,24?,32+/m0/s1. The summed E-state index contributed by atoms with van der Waals surface area (Å²) in [6.07, 6.45) is -4.30. The molecule has 3 aliphatic heterocycles. The quantitative estimate of drug-likeness (QED) is 0.410. The van der Waals surface area contributed by atoms with Crippen molar-refractivity contribution in [2.24, 2.45) is 11.8 Å². The number of rotatable bonds is 6. The Hall–Kier alpha value is -3.74. The Kier molecular flexibility index (Phi) is 8.49. The Balaban J connectivity index is 1.22. The molecule has 0 radical (unpaired) electrons. The number of aryl methyl sites for hydroxylation is 1. The summed E-state index contributed by atoms with van der Waals surface area (Å²) < 4.78 is 49.8. The van der Waals surface area contributed by atoms with Gasteiger partial charge in [0.05, 0.1) is 18.8 Å². The summed E-state index contributed by atoms with van der Waals surface area (Å²) in [5.41, 5.74) is 2.50. The molecule has 4 aliphatic rings. The second-order valence-electron chi connectivity index (χ2n) is 14.1. The molecule has 46 heavy (non-hydrogen) atoms. The zero-order valence-electron chi connectivity index (χ0n) is 26.9. The lowest BCUT2D eigenvalue weighted by Crippen LogP contribution is -2.44. The Morgan fingerprint density at radius 3 is 2.46 bits per heavy atom. The number of carbonyl (C=O) groups excluding carboxylic acids is 2. The van der Waals surface area contributed by atoms with Gasteiger partial charge in [0, 0.05) is 57.3 Å². The molecule has 2 aromatic rings. The van der Waals surface area contributed by atoms with Crippen LogP contribution >= 0.6 is 0 Å². The number of morpholine rings is 1. The van der Waals surface area contributed by atoms with Gasteiger partial charge in [-0.15, -0.1) is 0 Å². The molecule has 13 heteroatoms. The molecule has 4 fully saturated rings. The Bertz CT molecular complexity index is 1470. The molecular formula is C33H43F3N6O4. The van der Waals surface area contributed by atoms with E-state index in [-0.39, 0.29) is 12.1 Å². The van der Waals surface area contributed by atoms with Gasteiger partial charge in [0.1, 0.15) is 17.2 Å². The van der Waals surface area contributed by atoms with E-state index >= 15 is 0 Å². The minimum atomic E-state index is -4.24. The lowest BCUT2D eigenvalue weighted by Gasteiger charge is -2.30. The van der Waals surface area contributed by atoms with Crippen LogP contribution in [0.4, 0.5) is 40.1 Å². The van der Waals surface area contributed by atoms with Crippen molar-refractivity contribution in [3.63, 3.8) is 0 Å². The average molecular weight is 645 g/mol. The molecule has 4 heterocycles. The van der Waals surface area contributed by atoms with Gasteiger partial charge < -0.3 is 34.8 Å². The number of hydrogen-bond acceptors (Lipinski definition) is 7. The Labute approximate surface area is 267 Å². The number of pyridine rings is 1. The first-order chi connectivity index (χ1) is 21.7. The highest BCUT2D eigenvalue weighted by molar-refractivity contribution is 5.91. The predicted molar refractivity (Wildman–Crippen MR) is 169 cm³/mol. The smallest absolute Gasteiger partial charge is 0.408 e. The highest BCUT2D eigenvalue weighted by Gasteiger charge is 2.61. The lowest BCUT2D eigenvalue weighted by molar-refractivity contribution is -0.143. The maximum atomic E-state index is 13.0. The number of ether oxygens (including phenoxy) is 2. The van der Waals surface area contributed by atoms with Crippen molar-refractivity contribution in [2.75, 3.05) is 67.6 Å². The van der Waals surface area contributed by atoms with Crippen molar-refractivity contribution in [1.29, 1.82) is 0 Å². The number of alkyl carbamates (subject to hydrolysis) is 1. The molecule has 1 aromatic heterocycles. The van der Waals surface area contributed by atoms with E-state index in [9.17, 15) is 22.8 Å². The van der Waals surface area contributed by atoms with E-state index in [1.165, 1.54) is 4.90 Å². The fraction of sp³-hybridized carbons (Fsp3) is 0.606. The number of anilines is 3. The maximum Gasteiger partial charge on any atom is 0.408 e. The summed E-state index contributed by atoms with van der Waals surface area (Å²) in [4.78, 5) is 36.6. The van der Waals surface area contributed by atoms with Crippen molar-refractivity contribution >= 4 is 29.4 Å². The van der Waals surface area contributed by atoms with Crippen LogP contribution in [0.5, 0.6) is 0 Å². The van der Waals surface area contributed by atoms with Crippen LogP contribution in [0.2, 0.25) is 0 Å². The SMILES string of the molecule is Cc1ccc(NC(=O)N2CC[C@@H](CC(F)(F)F)C2)cc1-c1cc(N2CCOCC2)nc(N2CC3C[C@@]3(NC(=O)OC(C)(C)C)C2)c1. The van der Waals surface area contributed by atoms with Gasteiger partial charge in [0.25, 0.3) is 0 Å². The molecule has 3 atom stereocenters.